The van der Waals surface area contributed by atoms with Crippen molar-refractivity contribution in [3.05, 3.63) is 72.2 Å². The van der Waals surface area contributed by atoms with Crippen LogP contribution in [0.4, 0.5) is 0 Å². The van der Waals surface area contributed by atoms with E-state index >= 15 is 0 Å². The van der Waals surface area contributed by atoms with Crippen LogP contribution in [0.1, 0.15) is 35.3 Å². The van der Waals surface area contributed by atoms with Gasteiger partial charge >= 0.3 is 0 Å². The van der Waals surface area contributed by atoms with Crippen molar-refractivity contribution in [2.45, 2.75) is 25.7 Å². The number of Topliss-reactive ketones (excluding diaryl/α,β-unsaturated/α-hetero) is 1. The molecule has 4 heteroatoms. The van der Waals surface area contributed by atoms with E-state index in [2.05, 4.69) is 22.1 Å². The van der Waals surface area contributed by atoms with Crippen LogP contribution in [-0.2, 0) is 6.42 Å². The molecule has 1 aliphatic carbocycles. The summed E-state index contributed by atoms with van der Waals surface area (Å²) in [7, 11) is 0. The highest BCUT2D eigenvalue weighted by Crippen LogP contribution is 2.32. The quantitative estimate of drug-likeness (QED) is 0.476. The largest absolute Gasteiger partial charge is 0.494 e. The molecule has 1 N–H and O–H groups in total. The number of H-pyrrole nitrogens is 1. The Bertz CT molecular complexity index is 865. The number of hydrogen-bond acceptors (Lipinski definition) is 3. The molecule has 1 fully saturated rings. The predicted octanol–water partition coefficient (Wildman–Crippen LogP) is 4.68. The summed E-state index contributed by atoms with van der Waals surface area (Å²) in [5, 5.41) is 0. The van der Waals surface area contributed by atoms with E-state index in [0.717, 1.165) is 53.9 Å². The van der Waals surface area contributed by atoms with E-state index in [-0.39, 0.29) is 11.7 Å². The predicted molar refractivity (Wildman–Crippen MR) is 101 cm³/mol. The number of rotatable bonds is 8. The molecule has 3 aromatic rings. The molecule has 0 spiro atoms. The summed E-state index contributed by atoms with van der Waals surface area (Å²) in [6.45, 7) is 0.628. The number of ether oxygens (including phenoxy) is 1. The highest BCUT2D eigenvalue weighted by molar-refractivity contribution is 5.99. The second kappa shape index (κ2) is 7.56. The second-order valence-corrected chi connectivity index (χ2v) is 6.71. The Kier molecular flexibility index (Phi) is 4.82. The Morgan fingerprint density at radius 2 is 1.85 bits per heavy atom. The molecule has 0 unspecified atom stereocenters. The standard InChI is InChI=1S/C22H22N2O2/c25-22(17-8-9-17)18-10-12-19(13-11-18)26-14-4-7-20-21(24-15-23-20)16-5-2-1-3-6-16/h1-3,5-6,10-13,15,17H,4,7-9,14H2,(H,23,24). The molecule has 4 rings (SSSR count). The molecule has 1 heterocycles. The lowest BCUT2D eigenvalue weighted by atomic mass is 10.1. The number of nitrogens with one attached hydrogen (secondary N) is 1. The summed E-state index contributed by atoms with van der Waals surface area (Å²) in [5.41, 5.74) is 4.06. The minimum Gasteiger partial charge on any atom is -0.494 e. The molecule has 26 heavy (non-hydrogen) atoms. The SMILES string of the molecule is O=C(c1ccc(OCCCc2[nH]cnc2-c2ccccc2)cc1)C1CC1. The van der Waals surface area contributed by atoms with Gasteiger partial charge in [0.1, 0.15) is 5.75 Å². The zero-order chi connectivity index (χ0) is 17.8. The van der Waals surface area contributed by atoms with E-state index in [9.17, 15) is 4.79 Å². The molecule has 1 aliphatic rings. The molecule has 2 aromatic carbocycles. The number of aryl methyl sites for hydroxylation is 1. The van der Waals surface area contributed by atoms with Gasteiger partial charge in [0.05, 0.1) is 18.6 Å². The number of carbonyl (C=O) groups is 1. The lowest BCUT2D eigenvalue weighted by molar-refractivity contribution is 0.0967. The van der Waals surface area contributed by atoms with Crippen LogP contribution >= 0.6 is 0 Å². The fourth-order valence-electron chi connectivity index (χ4n) is 3.09. The molecule has 0 aliphatic heterocycles. The van der Waals surface area contributed by atoms with Gasteiger partial charge in [0.25, 0.3) is 0 Å². The molecule has 0 bridgehead atoms. The Labute approximate surface area is 153 Å². The molecule has 0 radical (unpaired) electrons. The Morgan fingerprint density at radius 1 is 1.08 bits per heavy atom. The number of benzene rings is 2. The average molecular weight is 346 g/mol. The van der Waals surface area contributed by atoms with Crippen LogP contribution in [0.15, 0.2) is 60.9 Å². The fraction of sp³-hybridized carbons (Fsp3) is 0.273. The zero-order valence-electron chi connectivity index (χ0n) is 14.7. The Hall–Kier alpha value is -2.88. The fourth-order valence-corrected chi connectivity index (χ4v) is 3.09. The van der Waals surface area contributed by atoms with Crippen LogP contribution in [0.3, 0.4) is 0 Å². The number of hydrogen-bond donors (Lipinski definition) is 1. The third-order valence-electron chi connectivity index (χ3n) is 4.69. The van der Waals surface area contributed by atoms with Crippen LogP contribution in [0.2, 0.25) is 0 Å². The van der Waals surface area contributed by atoms with Gasteiger partial charge in [-0.1, -0.05) is 30.3 Å². The summed E-state index contributed by atoms with van der Waals surface area (Å²) in [6, 6.07) is 17.7. The summed E-state index contributed by atoms with van der Waals surface area (Å²) in [5.74, 6) is 1.34. The van der Waals surface area contributed by atoms with Crippen molar-refractivity contribution in [1.29, 1.82) is 0 Å². The number of carbonyl (C=O) groups excluding carboxylic acids is 1. The molecule has 0 atom stereocenters. The molecular formula is C22H22N2O2. The first kappa shape index (κ1) is 16.6. The number of nitrogens with zero attached hydrogens (tertiary/aromatic N) is 1. The van der Waals surface area contributed by atoms with E-state index in [0.29, 0.717) is 6.61 Å². The minimum absolute atomic E-state index is 0.259. The first-order valence-corrected chi connectivity index (χ1v) is 9.16. The van der Waals surface area contributed by atoms with Gasteiger partial charge in [0, 0.05) is 22.7 Å². The highest BCUT2D eigenvalue weighted by Gasteiger charge is 2.30. The number of ketones is 1. The highest BCUT2D eigenvalue weighted by atomic mass is 16.5. The summed E-state index contributed by atoms with van der Waals surface area (Å²) >= 11 is 0. The lowest BCUT2D eigenvalue weighted by Crippen LogP contribution is -2.03. The molecule has 0 amide bonds. The van der Waals surface area contributed by atoms with Crippen molar-refractivity contribution >= 4 is 5.78 Å². The maximum atomic E-state index is 12.0. The van der Waals surface area contributed by atoms with Crippen molar-refractivity contribution in [3.63, 3.8) is 0 Å². The van der Waals surface area contributed by atoms with Gasteiger partial charge in [-0.05, 0) is 49.9 Å². The summed E-state index contributed by atoms with van der Waals surface area (Å²) < 4.78 is 5.82. The first-order valence-electron chi connectivity index (χ1n) is 9.16. The van der Waals surface area contributed by atoms with Gasteiger partial charge < -0.3 is 9.72 Å². The zero-order valence-corrected chi connectivity index (χ0v) is 14.7. The lowest BCUT2D eigenvalue weighted by Gasteiger charge is -2.07. The molecule has 0 saturated heterocycles. The number of imidazole rings is 1. The Morgan fingerprint density at radius 3 is 2.58 bits per heavy atom. The molecule has 132 valence electrons. The van der Waals surface area contributed by atoms with E-state index < -0.39 is 0 Å². The van der Waals surface area contributed by atoms with Crippen molar-refractivity contribution in [2.75, 3.05) is 6.61 Å². The second-order valence-electron chi connectivity index (χ2n) is 6.71. The maximum Gasteiger partial charge on any atom is 0.165 e. The van der Waals surface area contributed by atoms with Crippen LogP contribution < -0.4 is 4.74 Å². The number of aromatic nitrogens is 2. The average Bonchev–Trinajstić information content (AvgIpc) is 3.44. The van der Waals surface area contributed by atoms with E-state index in [1.165, 1.54) is 0 Å². The third-order valence-corrected chi connectivity index (χ3v) is 4.69. The normalized spacial score (nSPS) is 13.5. The molecule has 1 aromatic heterocycles. The van der Waals surface area contributed by atoms with Crippen LogP contribution in [-0.4, -0.2) is 22.4 Å². The van der Waals surface area contributed by atoms with E-state index in [1.54, 1.807) is 6.33 Å². The molecular weight excluding hydrogens is 324 g/mol. The van der Waals surface area contributed by atoms with Gasteiger partial charge in [0.2, 0.25) is 0 Å². The first-order chi connectivity index (χ1) is 12.8. The number of aromatic amines is 1. The van der Waals surface area contributed by atoms with Gasteiger partial charge in [-0.3, -0.25) is 4.79 Å². The minimum atomic E-state index is 0.259. The van der Waals surface area contributed by atoms with Gasteiger partial charge in [-0.2, -0.15) is 0 Å². The third kappa shape index (κ3) is 3.85. The topological polar surface area (TPSA) is 55.0 Å². The summed E-state index contributed by atoms with van der Waals surface area (Å²) in [4.78, 5) is 19.7. The smallest absolute Gasteiger partial charge is 0.165 e. The maximum absolute atomic E-state index is 12.0. The Balaban J connectivity index is 1.28. The van der Waals surface area contributed by atoms with Gasteiger partial charge in [-0.15, -0.1) is 0 Å². The summed E-state index contributed by atoms with van der Waals surface area (Å²) in [6.07, 6.45) is 5.59. The van der Waals surface area contributed by atoms with Gasteiger partial charge in [0.15, 0.2) is 5.78 Å². The van der Waals surface area contributed by atoms with Crippen LogP contribution in [0.5, 0.6) is 5.75 Å². The monoisotopic (exact) mass is 346 g/mol. The van der Waals surface area contributed by atoms with Crippen molar-refractivity contribution < 1.29 is 9.53 Å². The molecule has 4 nitrogen and oxygen atoms in total. The van der Waals surface area contributed by atoms with E-state index in [1.807, 2.05) is 42.5 Å². The van der Waals surface area contributed by atoms with Crippen LogP contribution in [0.25, 0.3) is 11.3 Å². The van der Waals surface area contributed by atoms with Crippen LogP contribution in [0, 0.1) is 5.92 Å². The van der Waals surface area contributed by atoms with Crippen molar-refractivity contribution in [1.82, 2.24) is 9.97 Å². The van der Waals surface area contributed by atoms with Crippen molar-refractivity contribution in [3.8, 4) is 17.0 Å². The van der Waals surface area contributed by atoms with Crippen molar-refractivity contribution in [2.24, 2.45) is 5.92 Å². The van der Waals surface area contributed by atoms with E-state index in [4.69, 9.17) is 4.74 Å². The van der Waals surface area contributed by atoms with Gasteiger partial charge in [-0.25, -0.2) is 4.98 Å². The molecule has 1 saturated carbocycles.